The zero-order valence-electron chi connectivity index (χ0n) is 9.36. The van der Waals surface area contributed by atoms with Crippen LogP contribution in [0.2, 0.25) is 0 Å². The molecule has 0 aromatic carbocycles. The van der Waals surface area contributed by atoms with Gasteiger partial charge in [-0.2, -0.15) is 0 Å². The summed E-state index contributed by atoms with van der Waals surface area (Å²) in [6, 6.07) is -0.137. The van der Waals surface area contributed by atoms with Crippen LogP contribution < -0.4 is 10.6 Å². The molecule has 1 fully saturated rings. The van der Waals surface area contributed by atoms with E-state index in [1.165, 1.54) is 7.11 Å². The first-order valence-electron chi connectivity index (χ1n) is 5.39. The standard InChI is InChI=1S/C10H18N2O4/c1-16-7(5-9(13)14)6-12-10(15)8-3-2-4-11-8/h7-8,11H,2-6H2,1H3,(H,12,15)(H,13,14)/t7?,8-/m1/s1. The number of carbonyl (C=O) groups excluding carboxylic acids is 1. The Balaban J connectivity index is 2.25. The predicted octanol–water partition coefficient (Wildman–Crippen LogP) is -0.656. The van der Waals surface area contributed by atoms with E-state index in [4.69, 9.17) is 9.84 Å². The minimum absolute atomic E-state index is 0.0788. The lowest BCUT2D eigenvalue weighted by molar-refractivity contribution is -0.140. The molecule has 1 saturated heterocycles. The van der Waals surface area contributed by atoms with Gasteiger partial charge in [-0.15, -0.1) is 0 Å². The van der Waals surface area contributed by atoms with E-state index in [1.807, 2.05) is 0 Å². The van der Waals surface area contributed by atoms with Gasteiger partial charge in [0.1, 0.15) is 0 Å². The van der Waals surface area contributed by atoms with Crippen molar-refractivity contribution in [3.63, 3.8) is 0 Å². The number of carboxylic acids is 1. The van der Waals surface area contributed by atoms with Gasteiger partial charge in [0, 0.05) is 13.7 Å². The summed E-state index contributed by atoms with van der Waals surface area (Å²) in [5, 5.41) is 14.3. The molecule has 0 aromatic rings. The molecule has 3 N–H and O–H groups in total. The lowest BCUT2D eigenvalue weighted by Crippen LogP contribution is -2.43. The number of nitrogens with one attached hydrogen (secondary N) is 2. The van der Waals surface area contributed by atoms with Gasteiger partial charge >= 0.3 is 5.97 Å². The van der Waals surface area contributed by atoms with Gasteiger partial charge < -0.3 is 20.5 Å². The fourth-order valence-electron chi connectivity index (χ4n) is 1.68. The third-order valence-electron chi connectivity index (χ3n) is 2.62. The van der Waals surface area contributed by atoms with Crippen molar-refractivity contribution in [2.75, 3.05) is 20.2 Å². The number of methoxy groups -OCH3 is 1. The molecule has 92 valence electrons. The summed E-state index contributed by atoms with van der Waals surface area (Å²) < 4.78 is 4.96. The molecule has 0 aromatic heterocycles. The highest BCUT2D eigenvalue weighted by Crippen LogP contribution is 2.04. The molecule has 1 amide bonds. The van der Waals surface area contributed by atoms with Crippen LogP contribution in [0.3, 0.4) is 0 Å². The molecule has 1 heterocycles. The highest BCUT2D eigenvalue weighted by Gasteiger charge is 2.22. The third-order valence-corrected chi connectivity index (χ3v) is 2.62. The molecule has 6 nitrogen and oxygen atoms in total. The smallest absolute Gasteiger partial charge is 0.306 e. The van der Waals surface area contributed by atoms with E-state index in [9.17, 15) is 9.59 Å². The average molecular weight is 230 g/mol. The third kappa shape index (κ3) is 4.16. The van der Waals surface area contributed by atoms with Gasteiger partial charge in [0.25, 0.3) is 0 Å². The van der Waals surface area contributed by atoms with E-state index < -0.39 is 12.1 Å². The molecule has 1 unspecified atom stereocenters. The fraction of sp³-hybridized carbons (Fsp3) is 0.800. The van der Waals surface area contributed by atoms with E-state index in [0.29, 0.717) is 0 Å². The zero-order chi connectivity index (χ0) is 12.0. The Bertz CT molecular complexity index is 251. The summed E-state index contributed by atoms with van der Waals surface area (Å²) in [6.07, 6.45) is 1.26. The van der Waals surface area contributed by atoms with Crippen LogP contribution in [0.15, 0.2) is 0 Å². The van der Waals surface area contributed by atoms with Crippen LogP contribution in [0.25, 0.3) is 0 Å². The van der Waals surface area contributed by atoms with Crippen LogP contribution in [0.1, 0.15) is 19.3 Å². The van der Waals surface area contributed by atoms with Gasteiger partial charge in [-0.05, 0) is 19.4 Å². The topological polar surface area (TPSA) is 87.7 Å². The highest BCUT2D eigenvalue weighted by molar-refractivity contribution is 5.82. The first kappa shape index (κ1) is 12.9. The summed E-state index contributed by atoms with van der Waals surface area (Å²) >= 11 is 0. The van der Waals surface area contributed by atoms with Crippen LogP contribution in [-0.4, -0.2) is 49.3 Å². The van der Waals surface area contributed by atoms with E-state index in [2.05, 4.69) is 10.6 Å². The van der Waals surface area contributed by atoms with Gasteiger partial charge in [-0.1, -0.05) is 0 Å². The predicted molar refractivity (Wildman–Crippen MR) is 57.1 cm³/mol. The van der Waals surface area contributed by atoms with E-state index in [0.717, 1.165) is 19.4 Å². The Kier molecular flexibility index (Phi) is 5.21. The maximum absolute atomic E-state index is 11.6. The van der Waals surface area contributed by atoms with E-state index in [1.54, 1.807) is 0 Å². The summed E-state index contributed by atoms with van der Waals surface area (Å²) in [7, 11) is 1.44. The highest BCUT2D eigenvalue weighted by atomic mass is 16.5. The van der Waals surface area contributed by atoms with Gasteiger partial charge in [0.05, 0.1) is 18.6 Å². The minimum Gasteiger partial charge on any atom is -0.481 e. The summed E-state index contributed by atoms with van der Waals surface area (Å²) in [4.78, 5) is 22.0. The number of carbonyl (C=O) groups is 2. The Labute approximate surface area is 94.3 Å². The molecule has 2 atom stereocenters. The Hall–Kier alpha value is -1.14. The first-order valence-corrected chi connectivity index (χ1v) is 5.39. The van der Waals surface area contributed by atoms with Crippen molar-refractivity contribution in [1.82, 2.24) is 10.6 Å². The number of carboxylic acid groups (broad SMARTS) is 1. The normalized spacial score (nSPS) is 21.7. The Morgan fingerprint density at radius 2 is 2.38 bits per heavy atom. The SMILES string of the molecule is COC(CNC(=O)[C@H]1CCCN1)CC(=O)O. The maximum Gasteiger partial charge on any atom is 0.306 e. The second-order valence-electron chi connectivity index (χ2n) is 3.85. The molecular formula is C10H18N2O4. The lowest BCUT2D eigenvalue weighted by Gasteiger charge is -2.16. The van der Waals surface area contributed by atoms with E-state index >= 15 is 0 Å². The fourth-order valence-corrected chi connectivity index (χ4v) is 1.68. The average Bonchev–Trinajstić information content (AvgIpc) is 2.76. The van der Waals surface area contributed by atoms with E-state index in [-0.39, 0.29) is 24.9 Å². The minimum atomic E-state index is -0.930. The quantitative estimate of drug-likeness (QED) is 0.564. The summed E-state index contributed by atoms with van der Waals surface area (Å²) in [6.45, 7) is 1.10. The van der Waals surface area contributed by atoms with Crippen LogP contribution in [-0.2, 0) is 14.3 Å². The molecule has 0 aliphatic carbocycles. The van der Waals surface area contributed by atoms with Gasteiger partial charge in [0.2, 0.25) is 5.91 Å². The van der Waals surface area contributed by atoms with Crippen molar-refractivity contribution in [3.05, 3.63) is 0 Å². The Morgan fingerprint density at radius 1 is 1.62 bits per heavy atom. The molecule has 0 saturated carbocycles. The number of amides is 1. The molecule has 0 bridgehead atoms. The number of ether oxygens (including phenoxy) is 1. The van der Waals surface area contributed by atoms with Gasteiger partial charge in [0.15, 0.2) is 0 Å². The molecule has 0 spiro atoms. The maximum atomic E-state index is 11.6. The molecule has 1 aliphatic heterocycles. The monoisotopic (exact) mass is 230 g/mol. The van der Waals surface area contributed by atoms with Crippen LogP contribution >= 0.6 is 0 Å². The molecule has 0 radical (unpaired) electrons. The summed E-state index contributed by atoms with van der Waals surface area (Å²) in [5.74, 6) is -1.01. The molecule has 1 rings (SSSR count). The van der Waals surface area contributed by atoms with Crippen LogP contribution in [0.5, 0.6) is 0 Å². The Morgan fingerprint density at radius 3 is 2.88 bits per heavy atom. The second kappa shape index (κ2) is 6.44. The number of aliphatic carboxylic acids is 1. The molecule has 6 heteroatoms. The molecule has 1 aliphatic rings. The number of rotatable bonds is 6. The summed E-state index contributed by atoms with van der Waals surface area (Å²) in [5.41, 5.74) is 0. The van der Waals surface area contributed by atoms with Crippen LogP contribution in [0, 0.1) is 0 Å². The van der Waals surface area contributed by atoms with Crippen molar-refractivity contribution in [1.29, 1.82) is 0 Å². The number of hydrogen-bond acceptors (Lipinski definition) is 4. The van der Waals surface area contributed by atoms with Crippen molar-refractivity contribution >= 4 is 11.9 Å². The first-order chi connectivity index (χ1) is 7.63. The van der Waals surface area contributed by atoms with Crippen molar-refractivity contribution in [2.24, 2.45) is 0 Å². The van der Waals surface area contributed by atoms with Gasteiger partial charge in [-0.3, -0.25) is 9.59 Å². The largest absolute Gasteiger partial charge is 0.481 e. The lowest BCUT2D eigenvalue weighted by atomic mass is 10.2. The van der Waals surface area contributed by atoms with Gasteiger partial charge in [-0.25, -0.2) is 0 Å². The van der Waals surface area contributed by atoms with Crippen molar-refractivity contribution < 1.29 is 19.4 Å². The van der Waals surface area contributed by atoms with Crippen LogP contribution in [0.4, 0.5) is 0 Å². The number of hydrogen-bond donors (Lipinski definition) is 3. The van der Waals surface area contributed by atoms with Crippen molar-refractivity contribution in [2.45, 2.75) is 31.4 Å². The molecule has 16 heavy (non-hydrogen) atoms. The second-order valence-corrected chi connectivity index (χ2v) is 3.85. The zero-order valence-corrected chi connectivity index (χ0v) is 9.36. The molecular weight excluding hydrogens is 212 g/mol. The van der Waals surface area contributed by atoms with Crippen molar-refractivity contribution in [3.8, 4) is 0 Å².